The molecule has 1 N–H and O–H groups in total. The number of ether oxygens (including phenoxy) is 3. The fourth-order valence-electron chi connectivity index (χ4n) is 8.09. The lowest BCUT2D eigenvalue weighted by Gasteiger charge is -2.60. The molecule has 6 rings (SSSR count). The zero-order chi connectivity index (χ0) is 24.0. The fraction of sp³-hybridized carbons (Fsp3) is 0.741. The normalized spacial score (nSPS) is 36.7. The number of hydrogen-bond acceptors (Lipinski definition) is 7. The summed E-state index contributed by atoms with van der Waals surface area (Å²) in [7, 11) is 3.93. The summed E-state index contributed by atoms with van der Waals surface area (Å²) in [6, 6.07) is 2.08. The Labute approximate surface area is 202 Å². The van der Waals surface area contributed by atoms with Gasteiger partial charge in [-0.1, -0.05) is 0 Å². The molecular weight excluding hydrogens is 432 g/mol. The predicted octanol–water partition coefficient (Wildman–Crippen LogP) is 3.24. The highest BCUT2D eigenvalue weighted by Crippen LogP contribution is 2.65. The third-order valence-corrected chi connectivity index (χ3v) is 9.27. The molecule has 2 aliphatic carbocycles. The Balaban J connectivity index is 1.43. The maximum atomic E-state index is 13.2. The van der Waals surface area contributed by atoms with Crippen molar-refractivity contribution in [2.75, 3.05) is 27.2 Å². The molecule has 3 fully saturated rings. The Hall–Kier alpha value is -1.99. The molecule has 7 heteroatoms. The minimum absolute atomic E-state index is 0.0717. The molecule has 1 aromatic carbocycles. The highest BCUT2D eigenvalue weighted by atomic mass is 16.6. The van der Waals surface area contributed by atoms with Crippen LogP contribution >= 0.6 is 0 Å². The van der Waals surface area contributed by atoms with Gasteiger partial charge in [-0.3, -0.25) is 9.69 Å². The number of rotatable bonds is 3. The molecule has 2 saturated heterocycles. The van der Waals surface area contributed by atoms with E-state index in [1.165, 1.54) is 11.1 Å². The average Bonchev–Trinajstić information content (AvgIpc) is 3.39. The van der Waals surface area contributed by atoms with Crippen LogP contribution in [-0.4, -0.2) is 78.0 Å². The van der Waals surface area contributed by atoms with Crippen molar-refractivity contribution in [2.45, 2.75) is 94.5 Å². The third-order valence-electron chi connectivity index (χ3n) is 9.27. The summed E-state index contributed by atoms with van der Waals surface area (Å²) < 4.78 is 18.4. The molecular formula is C27H38N2O5. The summed E-state index contributed by atoms with van der Waals surface area (Å²) >= 11 is 0. The van der Waals surface area contributed by atoms with Crippen LogP contribution in [0.3, 0.4) is 0 Å². The number of piperidine rings is 1. The van der Waals surface area contributed by atoms with Crippen LogP contribution in [0.5, 0.6) is 17.2 Å². The van der Waals surface area contributed by atoms with Gasteiger partial charge in [-0.05, 0) is 85.4 Å². The Bertz CT molecular complexity index is 1020. The molecule has 3 heterocycles. The predicted molar refractivity (Wildman–Crippen MR) is 128 cm³/mol. The molecule has 6 atom stereocenters. The van der Waals surface area contributed by atoms with E-state index in [0.29, 0.717) is 17.7 Å². The molecule has 34 heavy (non-hydrogen) atoms. The van der Waals surface area contributed by atoms with E-state index in [1.807, 2.05) is 20.8 Å². The van der Waals surface area contributed by atoms with Crippen molar-refractivity contribution in [2.24, 2.45) is 5.92 Å². The van der Waals surface area contributed by atoms with Crippen molar-refractivity contribution in [3.05, 3.63) is 17.2 Å². The first kappa shape index (κ1) is 22.5. The first-order valence-corrected chi connectivity index (χ1v) is 12.9. The Morgan fingerprint density at radius 2 is 2.00 bits per heavy atom. The van der Waals surface area contributed by atoms with Crippen LogP contribution in [0.1, 0.15) is 64.0 Å². The number of likely N-dealkylation sites (N-methyl/N-ethyl adjacent to an activating group) is 1. The lowest BCUT2D eigenvalue weighted by atomic mass is 9.51. The van der Waals surface area contributed by atoms with Gasteiger partial charge in [-0.2, -0.15) is 0 Å². The lowest BCUT2D eigenvalue weighted by Crippen LogP contribution is -2.69. The largest absolute Gasteiger partial charge is 0.504 e. The van der Waals surface area contributed by atoms with Crippen LogP contribution < -0.4 is 9.47 Å². The molecule has 1 saturated carbocycles. The highest BCUT2D eigenvalue weighted by Gasteiger charge is 2.67. The summed E-state index contributed by atoms with van der Waals surface area (Å²) in [6.07, 6.45) is 5.79. The van der Waals surface area contributed by atoms with E-state index in [0.717, 1.165) is 57.4 Å². The van der Waals surface area contributed by atoms with Gasteiger partial charge in [0.1, 0.15) is 23.5 Å². The number of esters is 1. The monoisotopic (exact) mass is 470 g/mol. The Morgan fingerprint density at radius 3 is 2.74 bits per heavy atom. The molecule has 0 amide bonds. The van der Waals surface area contributed by atoms with Gasteiger partial charge in [0.05, 0.1) is 7.11 Å². The Morgan fingerprint density at radius 1 is 1.21 bits per heavy atom. The van der Waals surface area contributed by atoms with Gasteiger partial charge < -0.3 is 24.2 Å². The first-order valence-electron chi connectivity index (χ1n) is 12.9. The molecule has 0 radical (unpaired) electrons. The Kier molecular flexibility index (Phi) is 4.96. The maximum Gasteiger partial charge on any atom is 0.323 e. The van der Waals surface area contributed by atoms with Crippen LogP contribution in [0.4, 0.5) is 0 Å². The van der Waals surface area contributed by atoms with Crippen molar-refractivity contribution in [3.8, 4) is 17.2 Å². The van der Waals surface area contributed by atoms with Gasteiger partial charge in [-0.15, -0.1) is 0 Å². The van der Waals surface area contributed by atoms with Crippen LogP contribution in [0.25, 0.3) is 0 Å². The van der Waals surface area contributed by atoms with Crippen molar-refractivity contribution in [3.63, 3.8) is 0 Å². The number of phenols is 1. The van der Waals surface area contributed by atoms with E-state index < -0.39 is 5.60 Å². The minimum Gasteiger partial charge on any atom is -0.504 e. The topological polar surface area (TPSA) is 71.5 Å². The number of likely N-dealkylation sites (tertiary alicyclic amines) is 2. The van der Waals surface area contributed by atoms with E-state index >= 15 is 0 Å². The van der Waals surface area contributed by atoms with Crippen molar-refractivity contribution >= 4 is 5.97 Å². The van der Waals surface area contributed by atoms with Crippen LogP contribution in [0.15, 0.2) is 6.07 Å². The first-order chi connectivity index (χ1) is 16.2. The highest BCUT2D eigenvalue weighted by molar-refractivity contribution is 5.76. The quantitative estimate of drug-likeness (QED) is 0.680. The van der Waals surface area contributed by atoms with Gasteiger partial charge in [0.25, 0.3) is 0 Å². The zero-order valence-electron chi connectivity index (χ0n) is 21.1. The average molecular weight is 471 g/mol. The summed E-state index contributed by atoms with van der Waals surface area (Å²) in [4.78, 5) is 18.1. The number of hydrogen-bond donors (Lipinski definition) is 1. The number of aromatic hydroxyl groups is 1. The van der Waals surface area contributed by atoms with Gasteiger partial charge in [0.15, 0.2) is 11.5 Å². The number of methoxy groups -OCH3 is 1. The molecule has 5 aliphatic rings. The minimum atomic E-state index is -0.496. The molecule has 1 aromatic rings. The van der Waals surface area contributed by atoms with E-state index in [9.17, 15) is 9.90 Å². The van der Waals surface area contributed by atoms with E-state index in [2.05, 4.69) is 16.8 Å². The van der Waals surface area contributed by atoms with Crippen molar-refractivity contribution in [1.29, 1.82) is 0 Å². The van der Waals surface area contributed by atoms with Gasteiger partial charge in [-0.25, -0.2) is 0 Å². The van der Waals surface area contributed by atoms with Gasteiger partial charge in [0.2, 0.25) is 0 Å². The molecule has 1 spiro atoms. The SMILES string of the molecule is COc1cc(O)c2c3c1C[C@@H]1[C@@H]4CC[C@@H](N5CCC[C@H]5C(=O)OC(C)(C)C)[C@H](O2)[C@]34CCN1C. The molecule has 3 aliphatic heterocycles. The van der Waals surface area contributed by atoms with Crippen LogP contribution in [0, 0.1) is 5.92 Å². The van der Waals surface area contributed by atoms with E-state index in [1.54, 1.807) is 13.2 Å². The molecule has 7 nitrogen and oxygen atoms in total. The van der Waals surface area contributed by atoms with Gasteiger partial charge >= 0.3 is 5.97 Å². The molecule has 2 bridgehead atoms. The second kappa shape index (κ2) is 7.50. The number of carbonyl (C=O) groups is 1. The molecule has 186 valence electrons. The van der Waals surface area contributed by atoms with E-state index in [4.69, 9.17) is 14.2 Å². The fourth-order valence-corrected chi connectivity index (χ4v) is 8.09. The van der Waals surface area contributed by atoms with Crippen LogP contribution in [-0.2, 0) is 21.4 Å². The lowest BCUT2D eigenvalue weighted by molar-refractivity contribution is -0.163. The maximum absolute atomic E-state index is 13.2. The summed E-state index contributed by atoms with van der Waals surface area (Å²) in [5, 5.41) is 11.0. The third kappa shape index (κ3) is 2.98. The summed E-state index contributed by atoms with van der Waals surface area (Å²) in [6.45, 7) is 7.70. The van der Waals surface area contributed by atoms with Gasteiger partial charge in [0, 0.05) is 34.7 Å². The standard InChI is InChI=1S/C27H38N2O5/c1-26(2,3)34-25(31)18-7-6-11-29(18)17-9-8-16-19-13-15-21(32-5)14-20(30)23-22(15)27(16,24(17)33-23)10-12-28(19)4/h14,16-19,24,30H,6-13H2,1-5H3/t16-,17+,18-,19+,24-,27-/m0/s1. The van der Waals surface area contributed by atoms with Crippen molar-refractivity contribution in [1.82, 2.24) is 9.80 Å². The number of phenolic OH excluding ortho intramolecular Hbond substituents is 1. The summed E-state index contributed by atoms with van der Waals surface area (Å²) in [5.74, 6) is 1.98. The molecule has 0 unspecified atom stereocenters. The second-order valence-electron chi connectivity index (χ2n) is 12.0. The number of carbonyl (C=O) groups excluding carboxylic acids is 1. The molecule has 0 aromatic heterocycles. The van der Waals surface area contributed by atoms with Crippen LogP contribution in [0.2, 0.25) is 0 Å². The summed E-state index contributed by atoms with van der Waals surface area (Å²) in [5.41, 5.74) is 1.76. The zero-order valence-corrected chi connectivity index (χ0v) is 21.1. The number of nitrogens with zero attached hydrogens (tertiary/aromatic N) is 2. The van der Waals surface area contributed by atoms with E-state index in [-0.39, 0.29) is 35.3 Å². The smallest absolute Gasteiger partial charge is 0.323 e. The number of benzene rings is 1. The van der Waals surface area contributed by atoms with Crippen molar-refractivity contribution < 1.29 is 24.1 Å². The second-order valence-corrected chi connectivity index (χ2v) is 12.0.